The maximum Gasteiger partial charge on any atom is 0.262 e. The van der Waals surface area contributed by atoms with Gasteiger partial charge in [-0.2, -0.15) is 0 Å². The molecular formula is C10H17N3O3S2. The third-order valence-corrected chi connectivity index (χ3v) is 5.69. The highest BCUT2D eigenvalue weighted by molar-refractivity contribution is 7.91. The molecule has 0 bridgehead atoms. The Morgan fingerprint density at radius 1 is 1.39 bits per heavy atom. The summed E-state index contributed by atoms with van der Waals surface area (Å²) in [5, 5.41) is 12.3. The molecule has 0 atom stereocenters. The minimum Gasteiger partial charge on any atom is -0.392 e. The van der Waals surface area contributed by atoms with Crippen LogP contribution in [0.2, 0.25) is 0 Å². The third-order valence-electron chi connectivity index (χ3n) is 2.83. The van der Waals surface area contributed by atoms with E-state index in [4.69, 9.17) is 5.11 Å². The summed E-state index contributed by atoms with van der Waals surface area (Å²) in [6.45, 7) is 2.89. The average molecular weight is 291 g/mol. The third kappa shape index (κ3) is 3.28. The Morgan fingerprint density at radius 2 is 2.06 bits per heavy atom. The van der Waals surface area contributed by atoms with E-state index in [9.17, 15) is 8.42 Å². The van der Waals surface area contributed by atoms with Crippen LogP contribution in [0.3, 0.4) is 0 Å². The van der Waals surface area contributed by atoms with Crippen molar-refractivity contribution in [3.8, 4) is 0 Å². The van der Waals surface area contributed by atoms with E-state index in [2.05, 4.69) is 9.73 Å². The molecule has 8 heteroatoms. The Labute approximate surface area is 111 Å². The summed E-state index contributed by atoms with van der Waals surface area (Å²) >= 11 is 1.12. The highest BCUT2D eigenvalue weighted by Crippen LogP contribution is 2.20. The lowest BCUT2D eigenvalue weighted by atomic mass is 10.4. The molecule has 0 aromatic carbocycles. The predicted molar refractivity (Wildman–Crippen MR) is 69.6 cm³/mol. The van der Waals surface area contributed by atoms with Crippen molar-refractivity contribution in [1.29, 1.82) is 0 Å². The van der Waals surface area contributed by atoms with Crippen LogP contribution in [0.4, 0.5) is 0 Å². The van der Waals surface area contributed by atoms with Gasteiger partial charge in [0.25, 0.3) is 10.0 Å². The second-order valence-electron chi connectivity index (χ2n) is 4.32. The van der Waals surface area contributed by atoms with Gasteiger partial charge in [0.15, 0.2) is 0 Å². The molecule has 1 aromatic heterocycles. The monoisotopic (exact) mass is 291 g/mol. The van der Waals surface area contributed by atoms with Crippen LogP contribution in [0.5, 0.6) is 0 Å². The van der Waals surface area contributed by atoms with Crippen LogP contribution in [0, 0.1) is 0 Å². The van der Waals surface area contributed by atoms with Gasteiger partial charge in [0.05, 0.1) is 6.61 Å². The molecule has 6 nitrogen and oxygen atoms in total. The van der Waals surface area contributed by atoms with Crippen LogP contribution in [-0.4, -0.2) is 56.7 Å². The summed E-state index contributed by atoms with van der Waals surface area (Å²) in [7, 11) is -1.49. The summed E-state index contributed by atoms with van der Waals surface area (Å²) < 4.78 is 24.4. The predicted octanol–water partition coefficient (Wildman–Crippen LogP) is -0.319. The van der Waals surface area contributed by atoms with Gasteiger partial charge in [-0.3, -0.25) is 0 Å². The molecule has 1 fully saturated rings. The number of sulfonamides is 1. The van der Waals surface area contributed by atoms with E-state index in [-0.39, 0.29) is 10.8 Å². The van der Waals surface area contributed by atoms with Gasteiger partial charge in [-0.15, -0.1) is 16.2 Å². The zero-order chi connectivity index (χ0) is 13.2. The highest BCUT2D eigenvalue weighted by Gasteiger charge is 2.22. The Kier molecular flexibility index (Phi) is 4.36. The van der Waals surface area contributed by atoms with E-state index in [0.717, 1.165) is 24.4 Å². The van der Waals surface area contributed by atoms with Crippen LogP contribution in [0.25, 0.3) is 0 Å². The van der Waals surface area contributed by atoms with E-state index in [1.54, 1.807) is 10.4 Å². The molecule has 1 aliphatic heterocycles. The molecule has 1 saturated heterocycles. The maximum atomic E-state index is 12.1. The molecule has 0 saturated carbocycles. The van der Waals surface area contributed by atoms with Crippen molar-refractivity contribution in [1.82, 2.24) is 14.7 Å². The molecule has 102 valence electrons. The topological polar surface area (TPSA) is 72.9 Å². The van der Waals surface area contributed by atoms with Crippen LogP contribution in [0.15, 0.2) is 15.7 Å². The Hall–Kier alpha value is -0.510. The van der Waals surface area contributed by atoms with Crippen molar-refractivity contribution in [2.75, 3.05) is 33.2 Å². The van der Waals surface area contributed by atoms with Crippen molar-refractivity contribution in [2.45, 2.75) is 10.8 Å². The number of hydrogen-bond acceptors (Lipinski definition) is 6. The number of aliphatic hydroxyl groups excluding tert-OH is 1. The van der Waals surface area contributed by atoms with Crippen LogP contribution < -0.4 is 4.83 Å². The van der Waals surface area contributed by atoms with Crippen molar-refractivity contribution < 1.29 is 13.5 Å². The number of nitrogens with one attached hydrogen (secondary N) is 1. The zero-order valence-electron chi connectivity index (χ0n) is 10.2. The fourth-order valence-corrected chi connectivity index (χ4v) is 4.00. The molecule has 0 spiro atoms. The van der Waals surface area contributed by atoms with Crippen molar-refractivity contribution in [3.63, 3.8) is 0 Å². The molecule has 0 aliphatic carbocycles. The molecule has 0 unspecified atom stereocenters. The first-order chi connectivity index (χ1) is 8.51. The SMILES string of the molecule is CN1CCN(NS(=O)(=O)c2cc(CO)cs2)CC1. The molecule has 2 heterocycles. The molecule has 0 amide bonds. The second-order valence-corrected chi connectivity index (χ2v) is 7.12. The van der Waals surface area contributed by atoms with Crippen LogP contribution in [0.1, 0.15) is 5.56 Å². The van der Waals surface area contributed by atoms with E-state index >= 15 is 0 Å². The van der Waals surface area contributed by atoms with E-state index in [0.29, 0.717) is 18.7 Å². The minimum absolute atomic E-state index is 0.138. The Balaban J connectivity index is 2.03. The molecule has 0 radical (unpaired) electrons. The lowest BCUT2D eigenvalue weighted by Gasteiger charge is -2.31. The number of aliphatic hydroxyl groups is 1. The first-order valence-electron chi connectivity index (χ1n) is 5.65. The molecule has 2 rings (SSSR count). The number of rotatable bonds is 4. The summed E-state index contributed by atoms with van der Waals surface area (Å²) in [6.07, 6.45) is 0. The second kappa shape index (κ2) is 5.64. The Morgan fingerprint density at radius 3 is 2.61 bits per heavy atom. The average Bonchev–Trinajstić information content (AvgIpc) is 2.81. The van der Waals surface area contributed by atoms with Crippen molar-refractivity contribution >= 4 is 21.4 Å². The summed E-state index contributed by atoms with van der Waals surface area (Å²) in [4.78, 5) is 4.73. The molecule has 1 aliphatic rings. The lowest BCUT2D eigenvalue weighted by Crippen LogP contribution is -2.52. The summed E-state index contributed by atoms with van der Waals surface area (Å²) in [6, 6.07) is 1.50. The van der Waals surface area contributed by atoms with Gasteiger partial charge >= 0.3 is 0 Å². The minimum atomic E-state index is -3.50. The van der Waals surface area contributed by atoms with Gasteiger partial charge in [0, 0.05) is 26.2 Å². The number of thiophene rings is 1. The fraction of sp³-hybridized carbons (Fsp3) is 0.600. The first kappa shape index (κ1) is 13.9. The quantitative estimate of drug-likeness (QED) is 0.795. The lowest BCUT2D eigenvalue weighted by molar-refractivity contribution is 0.135. The number of likely N-dealkylation sites (N-methyl/N-ethyl adjacent to an activating group) is 1. The van der Waals surface area contributed by atoms with Crippen molar-refractivity contribution in [3.05, 3.63) is 17.0 Å². The van der Waals surface area contributed by atoms with E-state index < -0.39 is 10.0 Å². The van der Waals surface area contributed by atoms with Crippen molar-refractivity contribution in [2.24, 2.45) is 0 Å². The number of hydrogen-bond donors (Lipinski definition) is 2. The molecular weight excluding hydrogens is 274 g/mol. The first-order valence-corrected chi connectivity index (χ1v) is 8.02. The van der Waals surface area contributed by atoms with Crippen LogP contribution >= 0.6 is 11.3 Å². The molecule has 18 heavy (non-hydrogen) atoms. The summed E-state index contributed by atoms with van der Waals surface area (Å²) in [5.41, 5.74) is 0.624. The van der Waals surface area contributed by atoms with E-state index in [1.807, 2.05) is 7.05 Å². The van der Waals surface area contributed by atoms with Gasteiger partial charge < -0.3 is 10.0 Å². The van der Waals surface area contributed by atoms with Gasteiger partial charge in [0.1, 0.15) is 4.21 Å². The molecule has 2 N–H and O–H groups in total. The van der Waals surface area contributed by atoms with Gasteiger partial charge in [0.2, 0.25) is 0 Å². The number of piperazine rings is 1. The number of hydrazine groups is 1. The van der Waals surface area contributed by atoms with Gasteiger partial charge in [-0.25, -0.2) is 13.4 Å². The smallest absolute Gasteiger partial charge is 0.262 e. The molecule has 1 aromatic rings. The van der Waals surface area contributed by atoms with Gasteiger partial charge in [-0.05, 0) is 24.1 Å². The number of nitrogens with zero attached hydrogens (tertiary/aromatic N) is 2. The standard InChI is InChI=1S/C10H17N3O3S2/c1-12-2-4-13(5-3-12)11-18(15,16)10-6-9(7-14)8-17-10/h6,8,11,14H,2-5,7H2,1H3. The fourth-order valence-electron chi connectivity index (χ4n) is 1.69. The highest BCUT2D eigenvalue weighted by atomic mass is 32.2. The largest absolute Gasteiger partial charge is 0.392 e. The zero-order valence-corrected chi connectivity index (χ0v) is 11.8. The van der Waals surface area contributed by atoms with E-state index in [1.165, 1.54) is 6.07 Å². The summed E-state index contributed by atoms with van der Waals surface area (Å²) in [5.74, 6) is 0. The van der Waals surface area contributed by atoms with Gasteiger partial charge in [-0.1, -0.05) is 0 Å². The maximum absolute atomic E-state index is 12.1. The Bertz CT molecular complexity index is 492. The van der Waals surface area contributed by atoms with Crippen LogP contribution in [-0.2, 0) is 16.6 Å². The normalized spacial score (nSPS) is 19.2.